The van der Waals surface area contributed by atoms with Gasteiger partial charge in [0.05, 0.1) is 37.4 Å². The predicted molar refractivity (Wildman–Crippen MR) is 100 cm³/mol. The third-order valence-electron chi connectivity index (χ3n) is 4.62. The molecule has 1 aromatic rings. The number of quaternary nitrogens is 1. The Hall–Kier alpha value is -1.62. The number of fused-ring (bicyclic) bond motifs is 1. The minimum Gasteiger partial charge on any atom is -0.370 e. The van der Waals surface area contributed by atoms with Crippen molar-refractivity contribution in [3.63, 3.8) is 0 Å². The quantitative estimate of drug-likeness (QED) is 0.646. The molecule has 2 rings (SSSR count). The number of hydrogen-bond donors (Lipinski definition) is 3. The molecule has 0 fully saturated rings. The maximum absolute atomic E-state index is 12.1. The van der Waals surface area contributed by atoms with E-state index >= 15 is 0 Å². The Morgan fingerprint density at radius 1 is 1.40 bits per heavy atom. The lowest BCUT2D eigenvalue weighted by Gasteiger charge is -2.29. The molecule has 0 atom stereocenters. The highest BCUT2D eigenvalue weighted by Gasteiger charge is 2.31. The first-order chi connectivity index (χ1) is 11.9. The number of urea groups is 1. The number of rotatable bonds is 7. The topological polar surface area (TPSA) is 78.6 Å². The van der Waals surface area contributed by atoms with Gasteiger partial charge < -0.3 is 15.0 Å². The van der Waals surface area contributed by atoms with Crippen molar-refractivity contribution in [2.24, 2.45) is 0 Å². The number of nitrogens with one attached hydrogen (secondary N) is 3. The number of amides is 2. The van der Waals surface area contributed by atoms with Crippen LogP contribution in [-0.4, -0.2) is 37.8 Å². The van der Waals surface area contributed by atoms with Gasteiger partial charge in [-0.3, -0.25) is 5.32 Å². The normalized spacial score (nSPS) is 15.5. The van der Waals surface area contributed by atoms with Gasteiger partial charge in [-0.05, 0) is 33.3 Å². The number of nitrogens with zero attached hydrogens (tertiary/aromatic N) is 1. The molecule has 0 bridgehead atoms. The molecule has 0 radical (unpaired) electrons. The van der Waals surface area contributed by atoms with Crippen LogP contribution in [0.1, 0.15) is 50.1 Å². The summed E-state index contributed by atoms with van der Waals surface area (Å²) >= 11 is 1.44. The average molecular weight is 366 g/mol. The van der Waals surface area contributed by atoms with Gasteiger partial charge in [-0.15, -0.1) is 11.3 Å². The average Bonchev–Trinajstić information content (AvgIpc) is 2.90. The third kappa shape index (κ3) is 5.18. The fourth-order valence-corrected chi connectivity index (χ4v) is 4.13. The maximum Gasteiger partial charge on any atom is 0.319 e. The van der Waals surface area contributed by atoms with Crippen LogP contribution >= 0.6 is 11.3 Å². The summed E-state index contributed by atoms with van der Waals surface area (Å²) in [6.45, 7) is 12.8. The lowest BCUT2D eigenvalue weighted by molar-refractivity contribution is -0.896. The Morgan fingerprint density at radius 3 is 2.76 bits per heavy atom. The Kier molecular flexibility index (Phi) is 6.82. The van der Waals surface area contributed by atoms with Crippen LogP contribution in [0.5, 0.6) is 0 Å². The van der Waals surface area contributed by atoms with Gasteiger partial charge in [-0.2, -0.15) is 5.26 Å². The fraction of sp³-hybridized carbons (Fsp3) is 0.667. The van der Waals surface area contributed by atoms with E-state index in [2.05, 4.69) is 30.6 Å². The van der Waals surface area contributed by atoms with Crippen molar-refractivity contribution in [1.82, 2.24) is 5.32 Å². The number of thiophene rings is 1. The second kappa shape index (κ2) is 8.65. The summed E-state index contributed by atoms with van der Waals surface area (Å²) in [5.74, 6) is 0. The van der Waals surface area contributed by atoms with Crippen LogP contribution in [0.3, 0.4) is 0 Å². The van der Waals surface area contributed by atoms with Crippen molar-refractivity contribution in [1.29, 1.82) is 5.26 Å². The predicted octanol–water partition coefficient (Wildman–Crippen LogP) is 1.91. The van der Waals surface area contributed by atoms with Crippen molar-refractivity contribution < 1.29 is 14.4 Å². The van der Waals surface area contributed by atoms with Crippen molar-refractivity contribution >= 4 is 22.4 Å². The molecule has 0 aromatic carbocycles. The molecule has 6 nitrogen and oxygen atoms in total. The number of nitriles is 1. The second-order valence-electron chi connectivity index (χ2n) is 6.99. The van der Waals surface area contributed by atoms with Crippen LogP contribution in [0.2, 0.25) is 0 Å². The monoisotopic (exact) mass is 365 g/mol. The van der Waals surface area contributed by atoms with Gasteiger partial charge in [0.1, 0.15) is 11.1 Å². The van der Waals surface area contributed by atoms with E-state index in [1.807, 2.05) is 13.8 Å². The molecular formula is C18H29N4O2S+. The Bertz CT molecular complexity index is 644. The minimum atomic E-state index is -0.272. The summed E-state index contributed by atoms with van der Waals surface area (Å²) in [4.78, 5) is 14.7. The van der Waals surface area contributed by atoms with E-state index in [1.165, 1.54) is 16.2 Å². The van der Waals surface area contributed by atoms with Crippen LogP contribution in [0.4, 0.5) is 9.80 Å². The zero-order valence-electron chi connectivity index (χ0n) is 15.6. The number of anilines is 1. The molecule has 1 aromatic heterocycles. The van der Waals surface area contributed by atoms with E-state index < -0.39 is 0 Å². The lowest BCUT2D eigenvalue weighted by Crippen LogP contribution is -3.11. The molecule has 0 spiro atoms. The first-order valence-corrected chi connectivity index (χ1v) is 9.78. The van der Waals surface area contributed by atoms with E-state index in [-0.39, 0.29) is 11.6 Å². The molecule has 0 unspecified atom stereocenters. The molecule has 138 valence electrons. The van der Waals surface area contributed by atoms with Crippen molar-refractivity contribution in [3.8, 4) is 6.07 Å². The highest BCUT2D eigenvalue weighted by atomic mass is 32.1. The van der Waals surface area contributed by atoms with Gasteiger partial charge in [0.25, 0.3) is 0 Å². The highest BCUT2D eigenvalue weighted by molar-refractivity contribution is 7.16. The van der Waals surface area contributed by atoms with Gasteiger partial charge >= 0.3 is 6.03 Å². The van der Waals surface area contributed by atoms with Gasteiger partial charge in [0, 0.05) is 24.3 Å². The first-order valence-electron chi connectivity index (χ1n) is 8.97. The molecule has 7 heteroatoms. The van der Waals surface area contributed by atoms with Crippen LogP contribution in [0.25, 0.3) is 0 Å². The van der Waals surface area contributed by atoms with Gasteiger partial charge in [-0.25, -0.2) is 4.79 Å². The SMILES string of the molecule is CC[NH+](CC)CCCNC(=O)Nc1sc2c(c1C#N)CC(C)(C)OC2. The summed E-state index contributed by atoms with van der Waals surface area (Å²) in [6.07, 6.45) is 1.64. The van der Waals surface area contributed by atoms with E-state index in [0.717, 1.165) is 36.5 Å². The van der Waals surface area contributed by atoms with Crippen LogP contribution in [0.15, 0.2) is 0 Å². The van der Waals surface area contributed by atoms with Gasteiger partial charge in [0.15, 0.2) is 0 Å². The van der Waals surface area contributed by atoms with Gasteiger partial charge in [-0.1, -0.05) is 0 Å². The summed E-state index contributed by atoms with van der Waals surface area (Å²) < 4.78 is 5.80. The molecular weight excluding hydrogens is 336 g/mol. The maximum atomic E-state index is 12.1. The molecule has 0 saturated heterocycles. The van der Waals surface area contributed by atoms with E-state index in [0.29, 0.717) is 30.1 Å². The zero-order chi connectivity index (χ0) is 18.4. The Morgan fingerprint density at radius 2 is 2.12 bits per heavy atom. The van der Waals surface area contributed by atoms with E-state index in [4.69, 9.17) is 4.74 Å². The van der Waals surface area contributed by atoms with E-state index in [9.17, 15) is 10.1 Å². The van der Waals surface area contributed by atoms with Crippen LogP contribution in [0, 0.1) is 11.3 Å². The number of hydrogen-bond acceptors (Lipinski definition) is 4. The van der Waals surface area contributed by atoms with Crippen molar-refractivity contribution in [2.75, 3.05) is 31.5 Å². The third-order valence-corrected chi connectivity index (χ3v) is 5.74. The molecule has 3 N–H and O–H groups in total. The molecule has 0 saturated carbocycles. The number of carbonyl (C=O) groups excluding carboxylic acids is 1. The first kappa shape index (κ1) is 19.7. The number of ether oxygens (including phenoxy) is 1. The lowest BCUT2D eigenvalue weighted by atomic mass is 9.93. The largest absolute Gasteiger partial charge is 0.370 e. The molecule has 25 heavy (non-hydrogen) atoms. The number of carbonyl (C=O) groups is 1. The fourth-order valence-electron chi connectivity index (χ4n) is 3.05. The molecule has 0 aliphatic carbocycles. The van der Waals surface area contributed by atoms with Crippen molar-refractivity contribution in [2.45, 2.75) is 52.7 Å². The van der Waals surface area contributed by atoms with Crippen molar-refractivity contribution in [3.05, 3.63) is 16.0 Å². The van der Waals surface area contributed by atoms with Crippen LogP contribution in [-0.2, 0) is 17.8 Å². The molecule has 1 aliphatic heterocycles. The zero-order valence-corrected chi connectivity index (χ0v) is 16.4. The van der Waals surface area contributed by atoms with Crippen LogP contribution < -0.4 is 15.5 Å². The molecule has 1 aliphatic rings. The minimum absolute atomic E-state index is 0.246. The summed E-state index contributed by atoms with van der Waals surface area (Å²) in [7, 11) is 0. The summed E-state index contributed by atoms with van der Waals surface area (Å²) in [5.41, 5.74) is 1.33. The Balaban J connectivity index is 1.91. The standard InChI is InChI=1S/C18H28N4O2S/c1-5-22(6-2)9-7-8-20-17(23)21-16-14(11-19)13-10-18(3,4)24-12-15(13)25-16/h5-10,12H2,1-4H3,(H2,20,21,23)/p+1. The molecule has 2 heterocycles. The second-order valence-corrected chi connectivity index (χ2v) is 8.09. The van der Waals surface area contributed by atoms with Gasteiger partial charge in [0.2, 0.25) is 0 Å². The smallest absolute Gasteiger partial charge is 0.319 e. The Labute approximate surface area is 154 Å². The molecule has 2 amide bonds. The summed E-state index contributed by atoms with van der Waals surface area (Å²) in [5, 5.41) is 15.9. The summed E-state index contributed by atoms with van der Waals surface area (Å²) in [6, 6.07) is 2.01. The van der Waals surface area contributed by atoms with E-state index in [1.54, 1.807) is 0 Å². The highest BCUT2D eigenvalue weighted by Crippen LogP contribution is 2.39.